The number of nitrogens with zero attached hydrogens (tertiary/aromatic N) is 1. The molecule has 20 heavy (non-hydrogen) atoms. The van der Waals surface area contributed by atoms with Crippen LogP contribution in [0.4, 0.5) is 0 Å². The Morgan fingerprint density at radius 2 is 1.90 bits per heavy atom. The molecule has 0 saturated heterocycles. The van der Waals surface area contributed by atoms with Crippen molar-refractivity contribution in [3.8, 4) is 0 Å². The highest BCUT2D eigenvalue weighted by molar-refractivity contribution is 5.85. The number of likely N-dealkylation sites (N-methyl/N-ethyl adjacent to an activating group) is 1. The standard InChI is InChI=1S/C18H23NO/c1-2-19(12-14-10-11-14)13-18(20)17-9-5-7-15-6-3-4-8-16(15)17/h3-9,14,18,20H,2,10-13H2,1H3. The summed E-state index contributed by atoms with van der Waals surface area (Å²) in [5.74, 6) is 0.870. The summed E-state index contributed by atoms with van der Waals surface area (Å²) in [6.07, 6.45) is 2.32. The Morgan fingerprint density at radius 1 is 1.15 bits per heavy atom. The molecular weight excluding hydrogens is 246 g/mol. The van der Waals surface area contributed by atoms with Gasteiger partial charge in [-0.05, 0) is 41.6 Å². The van der Waals surface area contributed by atoms with Gasteiger partial charge in [-0.15, -0.1) is 0 Å². The molecule has 1 saturated carbocycles. The maximum atomic E-state index is 10.6. The van der Waals surface area contributed by atoms with Crippen molar-refractivity contribution < 1.29 is 5.11 Å². The Balaban J connectivity index is 1.78. The minimum absolute atomic E-state index is 0.403. The molecule has 0 spiro atoms. The lowest BCUT2D eigenvalue weighted by Gasteiger charge is -2.24. The van der Waals surface area contributed by atoms with Crippen molar-refractivity contribution in [2.75, 3.05) is 19.6 Å². The second-order valence-electron chi connectivity index (χ2n) is 5.88. The third-order valence-electron chi connectivity index (χ3n) is 4.27. The summed E-state index contributed by atoms with van der Waals surface area (Å²) in [5, 5.41) is 13.0. The van der Waals surface area contributed by atoms with E-state index in [0.29, 0.717) is 0 Å². The number of hydrogen-bond donors (Lipinski definition) is 1. The zero-order valence-electron chi connectivity index (χ0n) is 12.1. The SMILES string of the molecule is CCN(CC1CC1)CC(O)c1cccc2ccccc12. The van der Waals surface area contributed by atoms with Crippen LogP contribution < -0.4 is 0 Å². The second-order valence-corrected chi connectivity index (χ2v) is 5.88. The minimum atomic E-state index is -0.403. The largest absolute Gasteiger partial charge is 0.387 e. The number of fused-ring (bicyclic) bond motifs is 1. The highest BCUT2D eigenvalue weighted by atomic mass is 16.3. The summed E-state index contributed by atoms with van der Waals surface area (Å²) < 4.78 is 0. The molecule has 2 heteroatoms. The lowest BCUT2D eigenvalue weighted by Crippen LogP contribution is -2.30. The van der Waals surface area contributed by atoms with Crippen molar-refractivity contribution in [2.45, 2.75) is 25.9 Å². The van der Waals surface area contributed by atoms with Gasteiger partial charge in [0.1, 0.15) is 0 Å². The zero-order valence-corrected chi connectivity index (χ0v) is 12.1. The van der Waals surface area contributed by atoms with Crippen LogP contribution in [-0.4, -0.2) is 29.6 Å². The maximum Gasteiger partial charge on any atom is 0.0922 e. The number of hydrogen-bond acceptors (Lipinski definition) is 2. The van der Waals surface area contributed by atoms with Gasteiger partial charge in [0.15, 0.2) is 0 Å². The number of benzene rings is 2. The topological polar surface area (TPSA) is 23.5 Å². The Labute approximate surface area is 121 Å². The molecule has 0 amide bonds. The van der Waals surface area contributed by atoms with Gasteiger partial charge in [-0.25, -0.2) is 0 Å². The van der Waals surface area contributed by atoms with Crippen LogP contribution in [0.1, 0.15) is 31.4 Å². The van der Waals surface area contributed by atoms with Crippen molar-refractivity contribution in [3.63, 3.8) is 0 Å². The first-order valence-corrected chi connectivity index (χ1v) is 7.66. The van der Waals surface area contributed by atoms with E-state index in [4.69, 9.17) is 0 Å². The molecule has 1 atom stereocenters. The molecule has 1 unspecified atom stereocenters. The van der Waals surface area contributed by atoms with Crippen LogP contribution in [0, 0.1) is 5.92 Å². The van der Waals surface area contributed by atoms with E-state index in [2.05, 4.69) is 36.1 Å². The molecular formula is C18H23NO. The molecule has 2 aromatic rings. The summed E-state index contributed by atoms with van der Waals surface area (Å²) >= 11 is 0. The fraction of sp³-hybridized carbons (Fsp3) is 0.444. The molecule has 0 bridgehead atoms. The molecule has 1 fully saturated rings. The summed E-state index contributed by atoms with van der Waals surface area (Å²) in [7, 11) is 0. The Morgan fingerprint density at radius 3 is 2.65 bits per heavy atom. The molecule has 2 aromatic carbocycles. The fourth-order valence-electron chi connectivity index (χ4n) is 2.88. The van der Waals surface area contributed by atoms with E-state index in [0.717, 1.165) is 31.1 Å². The summed E-state index contributed by atoms with van der Waals surface area (Å²) in [4.78, 5) is 2.38. The number of rotatable bonds is 6. The van der Waals surface area contributed by atoms with E-state index in [-0.39, 0.29) is 0 Å². The Kier molecular flexibility index (Phi) is 4.04. The average Bonchev–Trinajstić information content (AvgIpc) is 3.29. The third kappa shape index (κ3) is 3.02. The maximum absolute atomic E-state index is 10.6. The van der Waals surface area contributed by atoms with Crippen molar-refractivity contribution in [1.29, 1.82) is 0 Å². The highest BCUT2D eigenvalue weighted by Gasteiger charge is 2.25. The lowest BCUT2D eigenvalue weighted by molar-refractivity contribution is 0.114. The Bertz CT molecular complexity index is 571. The van der Waals surface area contributed by atoms with E-state index in [1.807, 2.05) is 18.2 Å². The van der Waals surface area contributed by atoms with Crippen LogP contribution in [0.25, 0.3) is 10.8 Å². The van der Waals surface area contributed by atoms with Crippen molar-refractivity contribution in [2.24, 2.45) is 5.92 Å². The van der Waals surface area contributed by atoms with Crippen LogP contribution in [0.5, 0.6) is 0 Å². The molecule has 0 aliphatic heterocycles. The predicted octanol–water partition coefficient (Wildman–Crippen LogP) is 3.61. The van der Waals surface area contributed by atoms with Crippen LogP contribution in [0.3, 0.4) is 0 Å². The normalized spacial score (nSPS) is 16.8. The van der Waals surface area contributed by atoms with Gasteiger partial charge in [0.05, 0.1) is 6.10 Å². The predicted molar refractivity (Wildman–Crippen MR) is 83.7 cm³/mol. The van der Waals surface area contributed by atoms with E-state index < -0.39 is 6.10 Å². The quantitative estimate of drug-likeness (QED) is 0.866. The van der Waals surface area contributed by atoms with Gasteiger partial charge in [0.25, 0.3) is 0 Å². The zero-order chi connectivity index (χ0) is 13.9. The summed E-state index contributed by atoms with van der Waals surface area (Å²) in [5.41, 5.74) is 1.05. The van der Waals surface area contributed by atoms with Gasteiger partial charge in [-0.3, -0.25) is 0 Å². The van der Waals surface area contributed by atoms with Crippen LogP contribution in [0.2, 0.25) is 0 Å². The van der Waals surface area contributed by atoms with Gasteiger partial charge in [0, 0.05) is 13.1 Å². The molecule has 2 nitrogen and oxygen atoms in total. The molecule has 1 N–H and O–H groups in total. The van der Waals surface area contributed by atoms with Gasteiger partial charge < -0.3 is 10.0 Å². The smallest absolute Gasteiger partial charge is 0.0922 e. The van der Waals surface area contributed by atoms with E-state index in [1.165, 1.54) is 23.6 Å². The number of aliphatic hydroxyl groups excluding tert-OH is 1. The van der Waals surface area contributed by atoms with Crippen molar-refractivity contribution in [1.82, 2.24) is 4.90 Å². The molecule has 1 aliphatic rings. The molecule has 0 heterocycles. The van der Waals surface area contributed by atoms with Crippen LogP contribution in [0.15, 0.2) is 42.5 Å². The number of aliphatic hydroxyl groups is 1. The lowest BCUT2D eigenvalue weighted by atomic mass is 10.00. The molecule has 106 valence electrons. The molecule has 0 aromatic heterocycles. The van der Waals surface area contributed by atoms with E-state index >= 15 is 0 Å². The summed E-state index contributed by atoms with van der Waals surface area (Å²) in [6, 6.07) is 14.5. The van der Waals surface area contributed by atoms with Crippen molar-refractivity contribution >= 4 is 10.8 Å². The monoisotopic (exact) mass is 269 g/mol. The van der Waals surface area contributed by atoms with E-state index in [1.54, 1.807) is 0 Å². The first-order valence-electron chi connectivity index (χ1n) is 7.66. The highest BCUT2D eigenvalue weighted by Crippen LogP contribution is 2.31. The molecule has 1 aliphatic carbocycles. The van der Waals surface area contributed by atoms with Gasteiger partial charge in [0.2, 0.25) is 0 Å². The van der Waals surface area contributed by atoms with Crippen LogP contribution >= 0.6 is 0 Å². The van der Waals surface area contributed by atoms with Crippen molar-refractivity contribution in [3.05, 3.63) is 48.0 Å². The van der Waals surface area contributed by atoms with Gasteiger partial charge in [-0.2, -0.15) is 0 Å². The Hall–Kier alpha value is -1.38. The first kappa shape index (κ1) is 13.6. The van der Waals surface area contributed by atoms with Gasteiger partial charge in [-0.1, -0.05) is 49.4 Å². The fourth-order valence-corrected chi connectivity index (χ4v) is 2.88. The van der Waals surface area contributed by atoms with Crippen LogP contribution in [-0.2, 0) is 0 Å². The average molecular weight is 269 g/mol. The second kappa shape index (κ2) is 5.94. The van der Waals surface area contributed by atoms with Gasteiger partial charge >= 0.3 is 0 Å². The summed E-state index contributed by atoms with van der Waals surface area (Å²) in [6.45, 7) is 5.07. The molecule has 3 rings (SSSR count). The first-order chi connectivity index (χ1) is 9.78. The third-order valence-corrected chi connectivity index (χ3v) is 4.27. The van der Waals surface area contributed by atoms with E-state index in [9.17, 15) is 5.11 Å². The minimum Gasteiger partial charge on any atom is -0.387 e. The molecule has 0 radical (unpaired) electrons.